The van der Waals surface area contributed by atoms with Gasteiger partial charge in [-0.2, -0.15) is 5.26 Å². The highest BCUT2D eigenvalue weighted by atomic mass is 16.5. The molecule has 0 aromatic heterocycles. The first-order chi connectivity index (χ1) is 8.51. The Morgan fingerprint density at radius 3 is 2.39 bits per heavy atom. The molecule has 1 atom stereocenters. The van der Waals surface area contributed by atoms with Gasteiger partial charge in [0.05, 0.1) is 30.6 Å². The first kappa shape index (κ1) is 13.1. The van der Waals surface area contributed by atoms with Gasteiger partial charge in [-0.05, 0) is 30.9 Å². The number of ether oxygens (including phenoxy) is 1. The van der Waals surface area contributed by atoms with Gasteiger partial charge in [0, 0.05) is 0 Å². The quantitative estimate of drug-likeness (QED) is 0.815. The molecule has 0 radical (unpaired) electrons. The average molecular weight is 243 g/mol. The second-order valence-electron chi connectivity index (χ2n) is 5.82. The number of benzene rings is 1. The molecule has 2 rings (SSSR count). The summed E-state index contributed by atoms with van der Waals surface area (Å²) in [5.41, 5.74) is 3.72. The van der Waals surface area contributed by atoms with Crippen LogP contribution in [0, 0.1) is 37.0 Å². The third kappa shape index (κ3) is 1.93. The van der Waals surface area contributed by atoms with Crippen molar-refractivity contribution in [2.75, 3.05) is 13.2 Å². The highest BCUT2D eigenvalue weighted by Crippen LogP contribution is 2.44. The molecule has 0 amide bonds. The van der Waals surface area contributed by atoms with Gasteiger partial charge >= 0.3 is 0 Å². The molecule has 0 saturated carbocycles. The van der Waals surface area contributed by atoms with Gasteiger partial charge in [-0.3, -0.25) is 0 Å². The predicted molar refractivity (Wildman–Crippen MR) is 72.4 cm³/mol. The molecule has 0 aliphatic carbocycles. The second kappa shape index (κ2) is 4.74. The van der Waals surface area contributed by atoms with Gasteiger partial charge in [0.15, 0.2) is 0 Å². The van der Waals surface area contributed by atoms with Gasteiger partial charge in [-0.15, -0.1) is 0 Å². The maximum atomic E-state index is 9.51. The van der Waals surface area contributed by atoms with E-state index in [1.54, 1.807) is 0 Å². The number of nitriles is 1. The Hall–Kier alpha value is -1.33. The third-order valence-electron chi connectivity index (χ3n) is 4.05. The standard InChI is InChI=1S/C16H21NO/c1-11(2)15(8-17)16(9-18-10-16)14-7-12(3)5-6-13(14)4/h5-7,11,15H,9-10H2,1-4H3. The van der Waals surface area contributed by atoms with Crippen LogP contribution in [0.2, 0.25) is 0 Å². The molecule has 1 fully saturated rings. The number of hydrogen-bond donors (Lipinski definition) is 0. The van der Waals surface area contributed by atoms with E-state index in [4.69, 9.17) is 4.74 Å². The first-order valence-corrected chi connectivity index (χ1v) is 6.56. The van der Waals surface area contributed by atoms with Crippen molar-refractivity contribution in [1.82, 2.24) is 0 Å². The molecule has 0 bridgehead atoms. The molecule has 1 unspecified atom stereocenters. The Morgan fingerprint density at radius 2 is 1.94 bits per heavy atom. The molecule has 96 valence electrons. The normalized spacial score (nSPS) is 19.1. The van der Waals surface area contributed by atoms with Crippen LogP contribution in [-0.4, -0.2) is 13.2 Å². The Kier molecular flexibility index (Phi) is 3.45. The Bertz CT molecular complexity index is 480. The lowest BCUT2D eigenvalue weighted by atomic mass is 9.64. The van der Waals surface area contributed by atoms with Crippen LogP contribution < -0.4 is 0 Å². The van der Waals surface area contributed by atoms with E-state index >= 15 is 0 Å². The van der Waals surface area contributed by atoms with E-state index in [1.807, 2.05) is 0 Å². The molecule has 0 N–H and O–H groups in total. The Labute approximate surface area is 110 Å². The van der Waals surface area contributed by atoms with E-state index in [-0.39, 0.29) is 11.3 Å². The third-order valence-corrected chi connectivity index (χ3v) is 4.05. The van der Waals surface area contributed by atoms with Crippen LogP contribution in [0.3, 0.4) is 0 Å². The minimum absolute atomic E-state index is 0.0201. The number of aryl methyl sites for hydroxylation is 2. The van der Waals surface area contributed by atoms with E-state index < -0.39 is 0 Å². The topological polar surface area (TPSA) is 33.0 Å². The molecule has 2 heteroatoms. The van der Waals surface area contributed by atoms with E-state index in [0.717, 1.165) is 0 Å². The molecule has 0 spiro atoms. The zero-order chi connectivity index (χ0) is 13.3. The summed E-state index contributed by atoms with van der Waals surface area (Å²) in [5.74, 6) is 0.366. The summed E-state index contributed by atoms with van der Waals surface area (Å²) in [7, 11) is 0. The molecule has 1 aromatic rings. The summed E-state index contributed by atoms with van der Waals surface area (Å²) < 4.78 is 5.47. The Balaban J connectivity index is 2.50. The first-order valence-electron chi connectivity index (χ1n) is 6.56. The SMILES string of the molecule is Cc1ccc(C)c(C2(C(C#N)C(C)C)COC2)c1. The fourth-order valence-corrected chi connectivity index (χ4v) is 3.01. The molecule has 1 saturated heterocycles. The van der Waals surface area contributed by atoms with Crippen LogP contribution in [0.25, 0.3) is 0 Å². The van der Waals surface area contributed by atoms with Crippen LogP contribution in [-0.2, 0) is 10.2 Å². The monoisotopic (exact) mass is 243 g/mol. The summed E-state index contributed by atoms with van der Waals surface area (Å²) in [4.78, 5) is 0. The lowest BCUT2D eigenvalue weighted by molar-refractivity contribution is -0.0879. The number of nitrogens with zero attached hydrogens (tertiary/aromatic N) is 1. The molecular formula is C16H21NO. The molecule has 1 aromatic carbocycles. The summed E-state index contributed by atoms with van der Waals surface area (Å²) in [6.45, 7) is 9.83. The zero-order valence-corrected chi connectivity index (χ0v) is 11.7. The van der Waals surface area contributed by atoms with Crippen LogP contribution in [0.4, 0.5) is 0 Å². The number of hydrogen-bond acceptors (Lipinski definition) is 2. The maximum absolute atomic E-state index is 9.51. The zero-order valence-electron chi connectivity index (χ0n) is 11.7. The largest absolute Gasteiger partial charge is 0.379 e. The van der Waals surface area contributed by atoms with Gasteiger partial charge in [0.1, 0.15) is 0 Å². The molecule has 18 heavy (non-hydrogen) atoms. The van der Waals surface area contributed by atoms with E-state index in [9.17, 15) is 5.26 Å². The van der Waals surface area contributed by atoms with Crippen LogP contribution >= 0.6 is 0 Å². The van der Waals surface area contributed by atoms with Gasteiger partial charge in [0.25, 0.3) is 0 Å². The molecule has 1 heterocycles. The van der Waals surface area contributed by atoms with Crippen molar-refractivity contribution in [1.29, 1.82) is 5.26 Å². The van der Waals surface area contributed by atoms with Crippen molar-refractivity contribution < 1.29 is 4.74 Å². The van der Waals surface area contributed by atoms with Crippen molar-refractivity contribution >= 4 is 0 Å². The lowest BCUT2D eigenvalue weighted by Crippen LogP contribution is -2.54. The van der Waals surface area contributed by atoms with Crippen LogP contribution in [0.1, 0.15) is 30.5 Å². The highest BCUT2D eigenvalue weighted by Gasteiger charge is 2.49. The maximum Gasteiger partial charge on any atom is 0.0669 e. The van der Waals surface area contributed by atoms with Crippen molar-refractivity contribution in [2.24, 2.45) is 11.8 Å². The minimum Gasteiger partial charge on any atom is -0.379 e. The van der Waals surface area contributed by atoms with E-state index in [2.05, 4.69) is 52.0 Å². The summed E-state index contributed by atoms with van der Waals surface area (Å²) in [6, 6.07) is 9.02. The fourth-order valence-electron chi connectivity index (χ4n) is 3.01. The summed E-state index contributed by atoms with van der Waals surface area (Å²) in [6.07, 6.45) is 0. The summed E-state index contributed by atoms with van der Waals surface area (Å²) in [5, 5.41) is 9.51. The average Bonchev–Trinajstić information content (AvgIpc) is 2.26. The smallest absolute Gasteiger partial charge is 0.0669 e. The van der Waals surface area contributed by atoms with Gasteiger partial charge in [-0.1, -0.05) is 37.6 Å². The minimum atomic E-state index is -0.0982. The van der Waals surface area contributed by atoms with E-state index in [1.165, 1.54) is 16.7 Å². The highest BCUT2D eigenvalue weighted by molar-refractivity contribution is 5.40. The van der Waals surface area contributed by atoms with Crippen molar-refractivity contribution in [2.45, 2.75) is 33.1 Å². The van der Waals surface area contributed by atoms with Gasteiger partial charge in [0.2, 0.25) is 0 Å². The van der Waals surface area contributed by atoms with Gasteiger partial charge < -0.3 is 4.74 Å². The summed E-state index contributed by atoms with van der Waals surface area (Å²) >= 11 is 0. The Morgan fingerprint density at radius 1 is 1.28 bits per heavy atom. The molecular weight excluding hydrogens is 222 g/mol. The molecule has 1 aliphatic rings. The van der Waals surface area contributed by atoms with Crippen molar-refractivity contribution in [3.63, 3.8) is 0 Å². The van der Waals surface area contributed by atoms with Crippen LogP contribution in [0.5, 0.6) is 0 Å². The van der Waals surface area contributed by atoms with Crippen molar-refractivity contribution in [3.8, 4) is 6.07 Å². The molecule has 1 aliphatic heterocycles. The van der Waals surface area contributed by atoms with E-state index in [0.29, 0.717) is 19.1 Å². The number of rotatable bonds is 3. The van der Waals surface area contributed by atoms with Crippen LogP contribution in [0.15, 0.2) is 18.2 Å². The lowest BCUT2D eigenvalue weighted by Gasteiger charge is -2.47. The second-order valence-corrected chi connectivity index (χ2v) is 5.82. The van der Waals surface area contributed by atoms with Crippen molar-refractivity contribution in [3.05, 3.63) is 34.9 Å². The predicted octanol–water partition coefficient (Wildman–Crippen LogP) is 3.37. The van der Waals surface area contributed by atoms with Gasteiger partial charge in [-0.25, -0.2) is 0 Å². The fraction of sp³-hybridized carbons (Fsp3) is 0.562. The molecule has 2 nitrogen and oxygen atoms in total.